The monoisotopic (exact) mass is 355 g/mol. The van der Waals surface area contributed by atoms with Gasteiger partial charge in [-0.05, 0) is 23.6 Å². The van der Waals surface area contributed by atoms with E-state index in [2.05, 4.69) is 12.1 Å². The highest BCUT2D eigenvalue weighted by molar-refractivity contribution is 6.00. The first kappa shape index (κ1) is 14.6. The van der Waals surface area contributed by atoms with Gasteiger partial charge < -0.3 is 26.8 Å². The molecule has 0 unspecified atom stereocenters. The third-order valence-corrected chi connectivity index (χ3v) is 3.92. The molecular weight excluding hydrogens is 342 g/mol. The van der Waals surface area contributed by atoms with Crippen molar-refractivity contribution in [3.05, 3.63) is 60.9 Å². The summed E-state index contributed by atoms with van der Waals surface area (Å²) in [5.74, 6) is 1.17. The van der Waals surface area contributed by atoms with E-state index in [9.17, 15) is 5.11 Å². The molecule has 0 saturated heterocycles. The lowest BCUT2D eigenvalue weighted by Crippen LogP contribution is -3.00. The number of methoxy groups -OCH3 is 1. The summed E-state index contributed by atoms with van der Waals surface area (Å²) in [5, 5.41) is 14.1. The Morgan fingerprint density at radius 3 is 2.59 bits per heavy atom. The van der Waals surface area contributed by atoms with Crippen molar-refractivity contribution in [3.63, 3.8) is 0 Å². The van der Waals surface area contributed by atoms with Crippen LogP contribution in [-0.4, -0.2) is 12.2 Å². The summed E-state index contributed by atoms with van der Waals surface area (Å²) in [6.45, 7) is 0. The molecule has 0 fully saturated rings. The fourth-order valence-electron chi connectivity index (χ4n) is 2.88. The van der Waals surface area contributed by atoms with Crippen LogP contribution in [0.25, 0.3) is 27.1 Å². The van der Waals surface area contributed by atoms with Gasteiger partial charge in [-0.15, -0.1) is 0 Å². The van der Waals surface area contributed by atoms with Gasteiger partial charge in [-0.25, -0.2) is 0 Å². The third kappa shape index (κ3) is 2.07. The second-order valence-electron chi connectivity index (χ2n) is 5.08. The van der Waals surface area contributed by atoms with Crippen molar-refractivity contribution >= 4 is 27.1 Å². The number of aromatic nitrogens is 1. The van der Waals surface area contributed by atoms with Crippen LogP contribution in [0.5, 0.6) is 11.5 Å². The van der Waals surface area contributed by atoms with Crippen LogP contribution < -0.4 is 26.1 Å². The number of nitrogens with zero attached hydrogens (tertiary/aromatic N) is 1. The number of fused-ring (bicyclic) bond motifs is 4. The minimum absolute atomic E-state index is 0. The molecule has 4 heteroatoms. The lowest BCUT2D eigenvalue weighted by atomic mass is 10.1. The molecule has 0 aliphatic heterocycles. The lowest BCUT2D eigenvalue weighted by Gasteiger charge is -2.05. The van der Waals surface area contributed by atoms with E-state index in [-0.39, 0.29) is 17.0 Å². The number of hydrogen-bond donors (Lipinski definition) is 1. The molecule has 0 aliphatic carbocycles. The minimum Gasteiger partial charge on any atom is -1.00 e. The van der Waals surface area contributed by atoms with Gasteiger partial charge in [0, 0.05) is 17.5 Å². The summed E-state index contributed by atoms with van der Waals surface area (Å²) >= 11 is 0. The maximum atomic E-state index is 9.99. The molecule has 0 aliphatic rings. The van der Waals surface area contributed by atoms with Crippen LogP contribution in [0.4, 0.5) is 0 Å². The van der Waals surface area contributed by atoms with E-state index < -0.39 is 0 Å². The average Bonchev–Trinajstić information content (AvgIpc) is 2.53. The molecule has 3 nitrogen and oxygen atoms in total. The van der Waals surface area contributed by atoms with Gasteiger partial charge in [-0.2, -0.15) is 4.40 Å². The Labute approximate surface area is 138 Å². The summed E-state index contributed by atoms with van der Waals surface area (Å²) in [6.07, 6.45) is 3.95. The minimum atomic E-state index is 0. The summed E-state index contributed by atoms with van der Waals surface area (Å²) < 4.78 is 7.47. The Hall–Kier alpha value is -2.33. The number of rotatable bonds is 1. The molecule has 22 heavy (non-hydrogen) atoms. The summed E-state index contributed by atoms with van der Waals surface area (Å²) in [6, 6.07) is 15.7. The van der Waals surface area contributed by atoms with Gasteiger partial charge in [0.05, 0.1) is 17.9 Å². The molecule has 0 saturated carbocycles. The second kappa shape index (κ2) is 5.46. The summed E-state index contributed by atoms with van der Waals surface area (Å²) in [5.41, 5.74) is 1.09. The first-order chi connectivity index (χ1) is 10.3. The molecule has 110 valence electrons. The van der Waals surface area contributed by atoms with Crippen LogP contribution >= 0.6 is 0 Å². The van der Waals surface area contributed by atoms with Crippen molar-refractivity contribution in [2.24, 2.45) is 0 Å². The zero-order valence-corrected chi connectivity index (χ0v) is 13.5. The van der Waals surface area contributed by atoms with E-state index in [0.29, 0.717) is 5.75 Å². The average molecular weight is 356 g/mol. The third-order valence-electron chi connectivity index (χ3n) is 3.92. The molecule has 4 rings (SSSR count). The van der Waals surface area contributed by atoms with Crippen LogP contribution in [0.3, 0.4) is 0 Å². The predicted octanol–water partition coefficient (Wildman–Crippen LogP) is 0.450. The molecule has 2 aromatic carbocycles. The number of phenols is 1. The standard InChI is InChI=1S/C18H13NO2.BrH/c1-21-18-7-3-5-13-14(18)8-9-19-11-15-12(10-16(13)19)4-2-6-17(15)20;/h2-11H,1H3;1H. The van der Waals surface area contributed by atoms with E-state index >= 15 is 0 Å². The Bertz CT molecular complexity index is 998. The smallest absolute Gasteiger partial charge is 0.219 e. The topological polar surface area (TPSA) is 33.6 Å². The van der Waals surface area contributed by atoms with Crippen molar-refractivity contribution in [3.8, 4) is 11.5 Å². The number of aromatic hydroxyl groups is 1. The Morgan fingerprint density at radius 2 is 1.77 bits per heavy atom. The van der Waals surface area contributed by atoms with Crippen LogP contribution in [0.2, 0.25) is 0 Å². The van der Waals surface area contributed by atoms with Gasteiger partial charge in [0.25, 0.3) is 0 Å². The van der Waals surface area contributed by atoms with Crippen LogP contribution in [0.15, 0.2) is 60.9 Å². The Balaban J connectivity index is 0.00000144. The van der Waals surface area contributed by atoms with Crippen LogP contribution in [0, 0.1) is 0 Å². The number of phenolic OH excluding ortho intramolecular Hbond substituents is 1. The first-order valence-electron chi connectivity index (χ1n) is 6.80. The quantitative estimate of drug-likeness (QED) is 0.305. The van der Waals surface area contributed by atoms with E-state index in [0.717, 1.165) is 32.8 Å². The molecular formula is C18H14BrNO2. The Morgan fingerprint density at radius 1 is 0.955 bits per heavy atom. The fourth-order valence-corrected chi connectivity index (χ4v) is 2.88. The maximum Gasteiger partial charge on any atom is 0.219 e. The SMILES string of the molecule is COc1cccc2c1cc[n+]1cc3c(O)cccc3cc21.[Br-]. The van der Waals surface area contributed by atoms with Crippen molar-refractivity contribution in [1.29, 1.82) is 0 Å². The molecule has 4 aromatic rings. The number of halogens is 1. The lowest BCUT2D eigenvalue weighted by molar-refractivity contribution is -0.509. The number of ether oxygens (including phenoxy) is 1. The zero-order valence-electron chi connectivity index (χ0n) is 12.0. The summed E-state index contributed by atoms with van der Waals surface area (Å²) in [4.78, 5) is 0. The molecule has 1 N–H and O–H groups in total. The number of pyridine rings is 2. The summed E-state index contributed by atoms with van der Waals surface area (Å²) in [7, 11) is 1.69. The highest BCUT2D eigenvalue weighted by atomic mass is 79.9. The molecule has 0 atom stereocenters. The van der Waals surface area contributed by atoms with Gasteiger partial charge in [-0.1, -0.05) is 18.2 Å². The zero-order chi connectivity index (χ0) is 14.4. The normalized spacial score (nSPS) is 10.8. The van der Waals surface area contributed by atoms with E-state index in [1.54, 1.807) is 13.2 Å². The molecule has 0 bridgehead atoms. The van der Waals surface area contributed by atoms with Gasteiger partial charge in [-0.3, -0.25) is 0 Å². The molecule has 0 radical (unpaired) electrons. The number of hydrogen-bond acceptors (Lipinski definition) is 2. The molecule has 0 amide bonds. The number of benzene rings is 2. The largest absolute Gasteiger partial charge is 1.00 e. The van der Waals surface area contributed by atoms with Gasteiger partial charge in [0.1, 0.15) is 11.5 Å². The fraction of sp³-hybridized carbons (Fsp3) is 0.0556. The van der Waals surface area contributed by atoms with Gasteiger partial charge >= 0.3 is 0 Å². The van der Waals surface area contributed by atoms with Crippen molar-refractivity contribution in [1.82, 2.24) is 0 Å². The molecule has 2 heterocycles. The predicted molar refractivity (Wildman–Crippen MR) is 82.8 cm³/mol. The first-order valence-corrected chi connectivity index (χ1v) is 6.80. The maximum absolute atomic E-state index is 9.99. The van der Waals surface area contributed by atoms with Crippen LogP contribution in [-0.2, 0) is 0 Å². The van der Waals surface area contributed by atoms with E-state index in [1.165, 1.54) is 0 Å². The molecule has 0 spiro atoms. The molecule has 2 aromatic heterocycles. The highest BCUT2D eigenvalue weighted by Gasteiger charge is 2.13. The van der Waals surface area contributed by atoms with Crippen LogP contribution in [0.1, 0.15) is 0 Å². The van der Waals surface area contributed by atoms with Gasteiger partial charge in [0.15, 0.2) is 12.4 Å². The van der Waals surface area contributed by atoms with Gasteiger partial charge in [0.2, 0.25) is 5.52 Å². The van der Waals surface area contributed by atoms with Crippen molar-refractivity contribution in [2.75, 3.05) is 7.11 Å². The van der Waals surface area contributed by atoms with Crippen molar-refractivity contribution in [2.45, 2.75) is 0 Å². The highest BCUT2D eigenvalue weighted by Crippen LogP contribution is 2.29. The Kier molecular flexibility index (Phi) is 3.62. The van der Waals surface area contributed by atoms with E-state index in [4.69, 9.17) is 4.74 Å². The second-order valence-corrected chi connectivity index (χ2v) is 5.08. The van der Waals surface area contributed by atoms with E-state index in [1.807, 2.05) is 47.1 Å². The van der Waals surface area contributed by atoms with Crippen molar-refractivity contribution < 1.29 is 31.2 Å².